The van der Waals surface area contributed by atoms with Crippen molar-refractivity contribution in [3.8, 4) is 6.07 Å². The van der Waals surface area contributed by atoms with Crippen LogP contribution in [0.4, 0.5) is 0 Å². The molecule has 0 aromatic carbocycles. The first-order valence-electron chi connectivity index (χ1n) is 7.27. The van der Waals surface area contributed by atoms with Crippen molar-refractivity contribution in [1.29, 1.82) is 5.26 Å². The summed E-state index contributed by atoms with van der Waals surface area (Å²) >= 11 is 0. The SMILES string of the molecule is CN1CCO[C@@H]2CCN(C(=O)c3cc(C#N)cn3C)C[C@@H]21. The van der Waals surface area contributed by atoms with E-state index in [9.17, 15) is 4.79 Å². The van der Waals surface area contributed by atoms with E-state index in [-0.39, 0.29) is 18.1 Å². The number of ether oxygens (including phenoxy) is 1. The van der Waals surface area contributed by atoms with Gasteiger partial charge in [0, 0.05) is 32.9 Å². The van der Waals surface area contributed by atoms with Crippen molar-refractivity contribution in [3.63, 3.8) is 0 Å². The molecule has 1 aromatic rings. The number of likely N-dealkylation sites (N-methyl/N-ethyl adjacent to an activating group) is 1. The van der Waals surface area contributed by atoms with Crippen molar-refractivity contribution in [2.45, 2.75) is 18.6 Å². The highest BCUT2D eigenvalue weighted by molar-refractivity contribution is 5.93. The summed E-state index contributed by atoms with van der Waals surface area (Å²) in [5.41, 5.74) is 1.10. The molecule has 112 valence electrons. The number of nitrogens with zero attached hydrogens (tertiary/aromatic N) is 4. The van der Waals surface area contributed by atoms with E-state index in [1.807, 2.05) is 4.90 Å². The number of fused-ring (bicyclic) bond motifs is 1. The van der Waals surface area contributed by atoms with Crippen molar-refractivity contribution in [2.75, 3.05) is 33.3 Å². The molecular weight excluding hydrogens is 268 g/mol. The number of morpholine rings is 1. The van der Waals surface area contributed by atoms with E-state index >= 15 is 0 Å². The first-order chi connectivity index (χ1) is 10.1. The second kappa shape index (κ2) is 5.51. The van der Waals surface area contributed by atoms with Gasteiger partial charge in [-0.1, -0.05) is 0 Å². The van der Waals surface area contributed by atoms with Crippen LogP contribution in [0.2, 0.25) is 0 Å². The molecule has 6 heteroatoms. The van der Waals surface area contributed by atoms with Gasteiger partial charge in [0.25, 0.3) is 5.91 Å². The summed E-state index contributed by atoms with van der Waals surface area (Å²) in [5.74, 6) is -0.00331. The quantitative estimate of drug-likeness (QED) is 0.752. The summed E-state index contributed by atoms with van der Waals surface area (Å²) in [6, 6.07) is 4.01. The average molecular weight is 288 g/mol. The van der Waals surface area contributed by atoms with E-state index in [0.717, 1.165) is 19.6 Å². The lowest BCUT2D eigenvalue weighted by atomic mass is 9.99. The normalized spacial score (nSPS) is 26.2. The molecule has 2 atom stereocenters. The van der Waals surface area contributed by atoms with Crippen LogP contribution in [-0.4, -0.2) is 65.7 Å². The fourth-order valence-electron chi connectivity index (χ4n) is 3.23. The number of carbonyl (C=O) groups is 1. The minimum absolute atomic E-state index is 0.00331. The molecule has 3 heterocycles. The molecule has 0 bridgehead atoms. The summed E-state index contributed by atoms with van der Waals surface area (Å²) < 4.78 is 7.53. The van der Waals surface area contributed by atoms with E-state index in [0.29, 0.717) is 24.3 Å². The maximum absolute atomic E-state index is 12.7. The fraction of sp³-hybridized carbons (Fsp3) is 0.600. The molecule has 2 saturated heterocycles. The van der Waals surface area contributed by atoms with Gasteiger partial charge in [-0.05, 0) is 19.5 Å². The monoisotopic (exact) mass is 288 g/mol. The Morgan fingerprint density at radius 3 is 2.95 bits per heavy atom. The first-order valence-corrected chi connectivity index (χ1v) is 7.27. The number of hydrogen-bond donors (Lipinski definition) is 0. The van der Waals surface area contributed by atoms with E-state index in [4.69, 9.17) is 10.00 Å². The standard InChI is InChI=1S/C15H20N4O2/c1-17-5-6-21-14-3-4-19(10-13(14)17)15(20)12-7-11(8-16)9-18(12)2/h7,9,13-14H,3-6,10H2,1-2H3/t13-,14+/m0/s1. The Morgan fingerprint density at radius 2 is 2.24 bits per heavy atom. The number of carbonyl (C=O) groups excluding carboxylic acids is 1. The predicted octanol–water partition coefficient (Wildman–Crippen LogP) is 0.442. The zero-order valence-corrected chi connectivity index (χ0v) is 12.5. The lowest BCUT2D eigenvalue weighted by Crippen LogP contribution is -2.59. The number of aryl methyl sites for hydroxylation is 1. The third-order valence-electron chi connectivity index (χ3n) is 4.50. The lowest BCUT2D eigenvalue weighted by molar-refractivity contribution is -0.0894. The second-order valence-electron chi connectivity index (χ2n) is 5.83. The van der Waals surface area contributed by atoms with Gasteiger partial charge < -0.3 is 14.2 Å². The second-order valence-corrected chi connectivity index (χ2v) is 5.83. The van der Waals surface area contributed by atoms with E-state index in [1.54, 1.807) is 23.9 Å². The molecule has 0 radical (unpaired) electrons. The zero-order chi connectivity index (χ0) is 15.0. The summed E-state index contributed by atoms with van der Waals surface area (Å²) in [5, 5.41) is 8.95. The van der Waals surface area contributed by atoms with Crippen LogP contribution in [-0.2, 0) is 11.8 Å². The number of piperidine rings is 1. The first kappa shape index (κ1) is 14.1. The number of likely N-dealkylation sites (tertiary alicyclic amines) is 1. The lowest BCUT2D eigenvalue weighted by Gasteiger charge is -2.45. The van der Waals surface area contributed by atoms with Gasteiger partial charge in [-0.2, -0.15) is 5.26 Å². The maximum Gasteiger partial charge on any atom is 0.270 e. The maximum atomic E-state index is 12.7. The van der Waals surface area contributed by atoms with Gasteiger partial charge in [0.2, 0.25) is 0 Å². The van der Waals surface area contributed by atoms with Gasteiger partial charge in [0.1, 0.15) is 11.8 Å². The van der Waals surface area contributed by atoms with Crippen LogP contribution in [0.3, 0.4) is 0 Å². The van der Waals surface area contributed by atoms with Crippen molar-refractivity contribution >= 4 is 5.91 Å². The molecule has 2 fully saturated rings. The van der Waals surface area contributed by atoms with Crippen molar-refractivity contribution in [2.24, 2.45) is 7.05 Å². The van der Waals surface area contributed by atoms with Crippen LogP contribution in [0.5, 0.6) is 0 Å². The topological polar surface area (TPSA) is 61.5 Å². The van der Waals surface area contributed by atoms with E-state index < -0.39 is 0 Å². The van der Waals surface area contributed by atoms with Crippen LogP contribution >= 0.6 is 0 Å². The molecule has 0 spiro atoms. The zero-order valence-electron chi connectivity index (χ0n) is 12.5. The fourth-order valence-corrected chi connectivity index (χ4v) is 3.23. The largest absolute Gasteiger partial charge is 0.375 e. The molecule has 21 heavy (non-hydrogen) atoms. The molecule has 3 rings (SSSR count). The Kier molecular flexibility index (Phi) is 3.70. The molecule has 2 aliphatic rings. The molecule has 0 aliphatic carbocycles. The molecule has 1 aromatic heterocycles. The van der Waals surface area contributed by atoms with Crippen LogP contribution in [0.25, 0.3) is 0 Å². The Labute approximate surface area is 124 Å². The highest BCUT2D eigenvalue weighted by atomic mass is 16.5. The highest BCUT2D eigenvalue weighted by Gasteiger charge is 2.37. The van der Waals surface area contributed by atoms with Crippen LogP contribution in [0.15, 0.2) is 12.3 Å². The Bertz CT molecular complexity index is 589. The van der Waals surface area contributed by atoms with Crippen LogP contribution < -0.4 is 0 Å². The number of amides is 1. The van der Waals surface area contributed by atoms with E-state index in [1.165, 1.54) is 0 Å². The van der Waals surface area contributed by atoms with Crippen molar-refractivity contribution in [3.05, 3.63) is 23.5 Å². The summed E-state index contributed by atoms with van der Waals surface area (Å²) in [6.45, 7) is 3.08. The van der Waals surface area contributed by atoms with E-state index in [2.05, 4.69) is 18.0 Å². The van der Waals surface area contributed by atoms with Gasteiger partial charge in [0.15, 0.2) is 0 Å². The van der Waals surface area contributed by atoms with Gasteiger partial charge >= 0.3 is 0 Å². The molecule has 0 N–H and O–H groups in total. The predicted molar refractivity (Wildman–Crippen MR) is 76.8 cm³/mol. The summed E-state index contributed by atoms with van der Waals surface area (Å²) in [6.07, 6.45) is 2.79. The van der Waals surface area contributed by atoms with Crippen LogP contribution in [0, 0.1) is 11.3 Å². The third kappa shape index (κ3) is 2.55. The van der Waals surface area contributed by atoms with Gasteiger partial charge in [-0.3, -0.25) is 9.69 Å². The number of hydrogen-bond acceptors (Lipinski definition) is 4. The molecule has 6 nitrogen and oxygen atoms in total. The Hall–Kier alpha value is -1.84. The Balaban J connectivity index is 1.76. The number of aromatic nitrogens is 1. The number of rotatable bonds is 1. The van der Waals surface area contributed by atoms with Crippen molar-refractivity contribution in [1.82, 2.24) is 14.4 Å². The van der Waals surface area contributed by atoms with Crippen molar-refractivity contribution < 1.29 is 9.53 Å². The molecule has 2 aliphatic heterocycles. The smallest absolute Gasteiger partial charge is 0.270 e. The Morgan fingerprint density at radius 1 is 1.43 bits per heavy atom. The molecule has 0 saturated carbocycles. The van der Waals surface area contributed by atoms with Gasteiger partial charge in [-0.15, -0.1) is 0 Å². The van der Waals surface area contributed by atoms with Gasteiger partial charge in [-0.25, -0.2) is 0 Å². The summed E-state index contributed by atoms with van der Waals surface area (Å²) in [4.78, 5) is 16.8. The minimum atomic E-state index is -0.00331. The number of nitriles is 1. The minimum Gasteiger partial charge on any atom is -0.375 e. The molecular formula is C15H20N4O2. The average Bonchev–Trinajstić information content (AvgIpc) is 2.88. The molecule has 0 unspecified atom stereocenters. The highest BCUT2D eigenvalue weighted by Crippen LogP contribution is 2.23. The van der Waals surface area contributed by atoms with Crippen LogP contribution in [0.1, 0.15) is 22.5 Å². The molecule has 1 amide bonds. The van der Waals surface area contributed by atoms with Gasteiger partial charge in [0.05, 0.1) is 24.3 Å². The summed E-state index contributed by atoms with van der Waals surface area (Å²) in [7, 11) is 3.89. The third-order valence-corrected chi connectivity index (χ3v) is 4.50.